The molecule has 1 aliphatic heterocycles. The van der Waals surface area contributed by atoms with Crippen LogP contribution in [0.1, 0.15) is 16.8 Å². The maximum absolute atomic E-state index is 13.0. The van der Waals surface area contributed by atoms with Crippen LogP contribution in [0.25, 0.3) is 22.4 Å². The van der Waals surface area contributed by atoms with Crippen LogP contribution >= 0.6 is 23.2 Å². The molecule has 0 atom stereocenters. The Bertz CT molecular complexity index is 1500. The van der Waals surface area contributed by atoms with Crippen molar-refractivity contribution in [2.45, 2.75) is 6.42 Å². The van der Waals surface area contributed by atoms with Crippen LogP contribution in [0, 0.1) is 0 Å². The third-order valence-corrected chi connectivity index (χ3v) is 7.46. The fourth-order valence-electron chi connectivity index (χ4n) is 4.87. The standard InChI is InChI=1S/C31H34Cl2N6O3/c32-11-14-39(15-12-33)26-7-5-24(6-8-26)35-31(41)23-4-9-27-28(21-23)37-30(36-27)22-2-1-3-25(20-22)34-29(40)10-13-38-16-18-42-19-17-38/h1-9,20-21H,10-19H2,(H,34,40)(H,35,41)(H,36,37). The van der Waals surface area contributed by atoms with Crippen molar-refractivity contribution in [2.24, 2.45) is 0 Å². The van der Waals surface area contributed by atoms with Gasteiger partial charge in [0.2, 0.25) is 5.91 Å². The zero-order valence-corrected chi connectivity index (χ0v) is 24.8. The molecule has 0 saturated carbocycles. The minimum atomic E-state index is -0.221. The van der Waals surface area contributed by atoms with E-state index in [0.717, 1.165) is 35.4 Å². The molecule has 2 amide bonds. The molecular weight excluding hydrogens is 575 g/mol. The summed E-state index contributed by atoms with van der Waals surface area (Å²) in [4.78, 5) is 37.9. The summed E-state index contributed by atoms with van der Waals surface area (Å²) in [5.41, 5.74) is 5.22. The molecule has 11 heteroatoms. The first kappa shape index (κ1) is 29.8. The molecule has 0 bridgehead atoms. The molecule has 42 heavy (non-hydrogen) atoms. The minimum absolute atomic E-state index is 0.0311. The summed E-state index contributed by atoms with van der Waals surface area (Å²) in [5, 5.41) is 5.94. The summed E-state index contributed by atoms with van der Waals surface area (Å²) in [6, 6.07) is 20.5. The molecule has 0 radical (unpaired) electrons. The SMILES string of the molecule is O=C(CCN1CCOCC1)Nc1cccc(-c2nc3ccc(C(=O)Nc4ccc(N(CCCl)CCCl)cc4)cc3[nH]2)c1. The van der Waals surface area contributed by atoms with Gasteiger partial charge in [-0.05, 0) is 54.6 Å². The summed E-state index contributed by atoms with van der Waals surface area (Å²) in [6.07, 6.45) is 0.421. The fraction of sp³-hybridized carbons (Fsp3) is 0.323. The van der Waals surface area contributed by atoms with E-state index in [0.29, 0.717) is 73.8 Å². The Balaban J connectivity index is 1.22. The first-order chi connectivity index (χ1) is 20.5. The number of amides is 2. The third kappa shape index (κ3) is 7.80. The summed E-state index contributed by atoms with van der Waals surface area (Å²) in [5.74, 6) is 1.41. The van der Waals surface area contributed by atoms with Gasteiger partial charge in [0.15, 0.2) is 0 Å². The normalized spacial score (nSPS) is 13.7. The number of aromatic nitrogens is 2. The monoisotopic (exact) mass is 608 g/mol. The van der Waals surface area contributed by atoms with Crippen molar-refractivity contribution < 1.29 is 14.3 Å². The maximum Gasteiger partial charge on any atom is 0.255 e. The van der Waals surface area contributed by atoms with E-state index in [2.05, 4.69) is 25.4 Å². The van der Waals surface area contributed by atoms with E-state index in [-0.39, 0.29) is 11.8 Å². The zero-order valence-electron chi connectivity index (χ0n) is 23.2. The van der Waals surface area contributed by atoms with E-state index in [1.54, 1.807) is 12.1 Å². The lowest BCUT2D eigenvalue weighted by Crippen LogP contribution is -2.38. The average molecular weight is 610 g/mol. The molecule has 5 rings (SSSR count). The lowest BCUT2D eigenvalue weighted by Gasteiger charge is -2.26. The number of carbonyl (C=O) groups excluding carboxylic acids is 2. The van der Waals surface area contributed by atoms with Crippen molar-refractivity contribution >= 4 is 63.1 Å². The number of alkyl halides is 2. The number of halogens is 2. The Morgan fingerprint density at radius 3 is 2.43 bits per heavy atom. The molecule has 1 saturated heterocycles. The topological polar surface area (TPSA) is 103 Å². The van der Waals surface area contributed by atoms with Crippen LogP contribution in [-0.4, -0.2) is 84.4 Å². The second-order valence-electron chi connectivity index (χ2n) is 10.0. The molecule has 0 spiro atoms. The number of hydrogen-bond donors (Lipinski definition) is 3. The van der Waals surface area contributed by atoms with Crippen LogP contribution in [0.4, 0.5) is 17.1 Å². The predicted molar refractivity (Wildman–Crippen MR) is 170 cm³/mol. The van der Waals surface area contributed by atoms with Crippen molar-refractivity contribution in [3.05, 3.63) is 72.3 Å². The second kappa shape index (κ2) is 14.5. The minimum Gasteiger partial charge on any atom is -0.379 e. The van der Waals surface area contributed by atoms with Gasteiger partial charge < -0.3 is 25.3 Å². The first-order valence-corrected chi connectivity index (χ1v) is 15.1. The molecule has 9 nitrogen and oxygen atoms in total. The number of benzene rings is 3. The first-order valence-electron chi connectivity index (χ1n) is 14.0. The van der Waals surface area contributed by atoms with Crippen LogP contribution < -0.4 is 15.5 Å². The molecule has 1 aromatic heterocycles. The number of imidazole rings is 1. The number of anilines is 3. The summed E-state index contributed by atoms with van der Waals surface area (Å²) in [7, 11) is 0. The number of aromatic amines is 1. The molecule has 3 N–H and O–H groups in total. The highest BCUT2D eigenvalue weighted by atomic mass is 35.5. The Kier molecular flexibility index (Phi) is 10.3. The number of hydrogen-bond acceptors (Lipinski definition) is 6. The van der Waals surface area contributed by atoms with E-state index in [1.165, 1.54) is 0 Å². The average Bonchev–Trinajstić information content (AvgIpc) is 3.45. The van der Waals surface area contributed by atoms with Gasteiger partial charge in [-0.3, -0.25) is 14.5 Å². The number of morpholine rings is 1. The molecule has 0 unspecified atom stereocenters. The maximum atomic E-state index is 13.0. The van der Waals surface area contributed by atoms with Crippen LogP contribution in [0.3, 0.4) is 0 Å². The van der Waals surface area contributed by atoms with Gasteiger partial charge >= 0.3 is 0 Å². The number of fused-ring (bicyclic) bond motifs is 1. The largest absolute Gasteiger partial charge is 0.379 e. The molecule has 0 aliphatic carbocycles. The van der Waals surface area contributed by atoms with Gasteiger partial charge in [-0.25, -0.2) is 4.98 Å². The van der Waals surface area contributed by atoms with Crippen LogP contribution in [0.2, 0.25) is 0 Å². The number of H-pyrrole nitrogens is 1. The fourth-order valence-corrected chi connectivity index (χ4v) is 5.28. The summed E-state index contributed by atoms with van der Waals surface area (Å²) in [6.45, 7) is 5.24. The van der Waals surface area contributed by atoms with Gasteiger partial charge in [-0.2, -0.15) is 0 Å². The number of nitrogens with zero attached hydrogens (tertiary/aromatic N) is 3. The molecular formula is C31H34Cl2N6O3. The van der Waals surface area contributed by atoms with E-state index in [1.807, 2.05) is 54.6 Å². The second-order valence-corrected chi connectivity index (χ2v) is 10.8. The van der Waals surface area contributed by atoms with Gasteiger partial charge in [-0.1, -0.05) is 12.1 Å². The Morgan fingerprint density at radius 1 is 0.929 bits per heavy atom. The molecule has 1 fully saturated rings. The van der Waals surface area contributed by atoms with Crippen LogP contribution in [0.15, 0.2) is 66.7 Å². The van der Waals surface area contributed by atoms with Crippen LogP contribution in [-0.2, 0) is 9.53 Å². The van der Waals surface area contributed by atoms with Gasteiger partial charge in [0.05, 0.1) is 24.2 Å². The highest BCUT2D eigenvalue weighted by Gasteiger charge is 2.14. The van der Waals surface area contributed by atoms with E-state index < -0.39 is 0 Å². The molecule has 3 aromatic carbocycles. The van der Waals surface area contributed by atoms with E-state index >= 15 is 0 Å². The smallest absolute Gasteiger partial charge is 0.255 e. The zero-order chi connectivity index (χ0) is 29.3. The van der Waals surface area contributed by atoms with E-state index in [9.17, 15) is 9.59 Å². The molecule has 4 aromatic rings. The lowest BCUT2D eigenvalue weighted by molar-refractivity contribution is -0.116. The Hall–Kier alpha value is -3.63. The number of carbonyl (C=O) groups is 2. The van der Waals surface area contributed by atoms with Gasteiger partial charge in [0.25, 0.3) is 5.91 Å². The van der Waals surface area contributed by atoms with Crippen molar-refractivity contribution in [2.75, 3.05) is 73.2 Å². The van der Waals surface area contributed by atoms with Gasteiger partial charge in [0.1, 0.15) is 5.82 Å². The molecule has 1 aliphatic rings. The van der Waals surface area contributed by atoms with Crippen LogP contribution in [0.5, 0.6) is 0 Å². The Labute approximate surface area is 255 Å². The highest BCUT2D eigenvalue weighted by Crippen LogP contribution is 2.25. The number of nitrogens with one attached hydrogen (secondary N) is 3. The third-order valence-electron chi connectivity index (χ3n) is 7.12. The number of rotatable bonds is 12. The van der Waals surface area contributed by atoms with Crippen molar-refractivity contribution in [1.82, 2.24) is 14.9 Å². The predicted octanol–water partition coefficient (Wildman–Crippen LogP) is 5.43. The van der Waals surface area contributed by atoms with E-state index in [4.69, 9.17) is 32.9 Å². The lowest BCUT2D eigenvalue weighted by atomic mass is 10.2. The number of ether oxygens (including phenoxy) is 1. The molecule has 220 valence electrons. The van der Waals surface area contributed by atoms with Crippen molar-refractivity contribution in [3.8, 4) is 11.4 Å². The van der Waals surface area contributed by atoms with Gasteiger partial charge in [-0.15, -0.1) is 23.2 Å². The Morgan fingerprint density at radius 2 is 1.69 bits per heavy atom. The highest BCUT2D eigenvalue weighted by molar-refractivity contribution is 6.18. The van der Waals surface area contributed by atoms with Crippen molar-refractivity contribution in [3.63, 3.8) is 0 Å². The summed E-state index contributed by atoms with van der Waals surface area (Å²) < 4.78 is 5.37. The van der Waals surface area contributed by atoms with Crippen molar-refractivity contribution in [1.29, 1.82) is 0 Å². The van der Waals surface area contributed by atoms with Gasteiger partial charge in [0, 0.05) is 79.1 Å². The molecule has 2 heterocycles. The quantitative estimate of drug-likeness (QED) is 0.185. The summed E-state index contributed by atoms with van der Waals surface area (Å²) >= 11 is 11.8.